The van der Waals surface area contributed by atoms with Crippen LogP contribution in [0.4, 0.5) is 0 Å². The Kier molecular flexibility index (Phi) is 6.26. The van der Waals surface area contributed by atoms with Crippen LogP contribution in [0.1, 0.15) is 45.4 Å². The maximum atomic E-state index is 8.89. The second-order valence-electron chi connectivity index (χ2n) is 5.16. The van der Waals surface area contributed by atoms with E-state index in [0.29, 0.717) is 6.61 Å². The van der Waals surface area contributed by atoms with E-state index in [2.05, 4.69) is 18.9 Å². The third-order valence-corrected chi connectivity index (χ3v) is 3.68. The molecular weight excluding hydrogens is 186 g/mol. The normalized spacial score (nSPS) is 27.2. The minimum absolute atomic E-state index is 0.380. The molecule has 1 N–H and O–H groups in total. The summed E-state index contributed by atoms with van der Waals surface area (Å²) in [5, 5.41) is 8.89. The first-order chi connectivity index (χ1) is 7.26. The van der Waals surface area contributed by atoms with Crippen LogP contribution in [0.15, 0.2) is 0 Å². The molecule has 0 amide bonds. The van der Waals surface area contributed by atoms with Crippen molar-refractivity contribution >= 4 is 0 Å². The molecule has 2 nitrogen and oxygen atoms in total. The molecule has 1 saturated carbocycles. The van der Waals surface area contributed by atoms with Gasteiger partial charge in [0.25, 0.3) is 0 Å². The molecule has 0 saturated heterocycles. The van der Waals surface area contributed by atoms with Crippen molar-refractivity contribution in [2.45, 2.75) is 45.4 Å². The summed E-state index contributed by atoms with van der Waals surface area (Å²) in [4.78, 5) is 2.47. The lowest BCUT2D eigenvalue weighted by atomic mass is 9.80. The summed E-state index contributed by atoms with van der Waals surface area (Å²) in [5.74, 6) is 1.72. The van der Waals surface area contributed by atoms with Crippen LogP contribution in [0.2, 0.25) is 0 Å². The highest BCUT2D eigenvalue weighted by Crippen LogP contribution is 2.30. The van der Waals surface area contributed by atoms with Gasteiger partial charge in [0.1, 0.15) is 0 Å². The molecule has 0 bridgehead atoms. The number of aliphatic hydroxyl groups excluding tert-OH is 1. The van der Waals surface area contributed by atoms with Gasteiger partial charge < -0.3 is 10.0 Å². The largest absolute Gasteiger partial charge is 0.396 e. The Morgan fingerprint density at radius 3 is 2.27 bits per heavy atom. The lowest BCUT2D eigenvalue weighted by molar-refractivity contribution is 0.177. The number of hydrogen-bond donors (Lipinski definition) is 1. The zero-order valence-corrected chi connectivity index (χ0v) is 10.4. The minimum atomic E-state index is 0.380. The highest BCUT2D eigenvalue weighted by molar-refractivity contribution is 4.74. The number of nitrogens with zero attached hydrogens (tertiary/aromatic N) is 1. The van der Waals surface area contributed by atoms with Gasteiger partial charge in [-0.05, 0) is 51.1 Å². The Hall–Kier alpha value is -0.0800. The van der Waals surface area contributed by atoms with Gasteiger partial charge >= 0.3 is 0 Å². The predicted molar refractivity (Wildman–Crippen MR) is 64.9 cm³/mol. The van der Waals surface area contributed by atoms with Gasteiger partial charge in [0.05, 0.1) is 0 Å². The summed E-state index contributed by atoms with van der Waals surface area (Å²) in [6.45, 7) is 5.13. The van der Waals surface area contributed by atoms with E-state index in [0.717, 1.165) is 18.3 Å². The Balaban J connectivity index is 2.14. The third kappa shape index (κ3) is 4.98. The quantitative estimate of drug-likeness (QED) is 0.733. The van der Waals surface area contributed by atoms with Gasteiger partial charge in [0, 0.05) is 13.2 Å². The Morgan fingerprint density at radius 2 is 1.73 bits per heavy atom. The maximum absolute atomic E-state index is 8.89. The molecule has 2 heteroatoms. The average Bonchev–Trinajstić information content (AvgIpc) is 2.22. The standard InChI is InChI=1S/C13H27NO/c1-3-9-14(2)11-13-6-4-12(5-7-13)8-10-15/h12-13,15H,3-11H2,1-2H3/t12-,13-. The van der Waals surface area contributed by atoms with E-state index < -0.39 is 0 Å². The monoisotopic (exact) mass is 213 g/mol. The number of aliphatic hydroxyl groups is 1. The summed E-state index contributed by atoms with van der Waals surface area (Å²) in [6, 6.07) is 0. The van der Waals surface area contributed by atoms with E-state index >= 15 is 0 Å². The molecule has 0 aromatic heterocycles. The molecule has 0 unspecified atom stereocenters. The zero-order valence-electron chi connectivity index (χ0n) is 10.4. The fraction of sp³-hybridized carbons (Fsp3) is 1.00. The van der Waals surface area contributed by atoms with Crippen LogP contribution < -0.4 is 0 Å². The predicted octanol–water partition coefficient (Wildman–Crippen LogP) is 2.52. The van der Waals surface area contributed by atoms with E-state index in [1.165, 1.54) is 45.2 Å². The second kappa shape index (κ2) is 7.24. The zero-order chi connectivity index (χ0) is 11.1. The molecule has 1 rings (SSSR count). The Morgan fingerprint density at radius 1 is 1.13 bits per heavy atom. The molecule has 0 spiro atoms. The van der Waals surface area contributed by atoms with Gasteiger partial charge in [-0.1, -0.05) is 19.8 Å². The van der Waals surface area contributed by atoms with Crippen molar-refractivity contribution in [3.05, 3.63) is 0 Å². The average molecular weight is 213 g/mol. The van der Waals surface area contributed by atoms with Gasteiger partial charge in [0.15, 0.2) is 0 Å². The fourth-order valence-corrected chi connectivity index (χ4v) is 2.80. The van der Waals surface area contributed by atoms with Crippen LogP contribution >= 0.6 is 0 Å². The summed E-state index contributed by atoms with van der Waals surface area (Å²) in [5.41, 5.74) is 0. The van der Waals surface area contributed by atoms with Gasteiger partial charge in [-0.2, -0.15) is 0 Å². The summed E-state index contributed by atoms with van der Waals surface area (Å²) in [6.07, 6.45) is 7.71. The van der Waals surface area contributed by atoms with Gasteiger partial charge in [-0.3, -0.25) is 0 Å². The van der Waals surface area contributed by atoms with Crippen molar-refractivity contribution < 1.29 is 5.11 Å². The van der Waals surface area contributed by atoms with Crippen LogP contribution in [-0.4, -0.2) is 36.8 Å². The summed E-state index contributed by atoms with van der Waals surface area (Å²) in [7, 11) is 2.24. The van der Waals surface area contributed by atoms with E-state index in [-0.39, 0.29) is 0 Å². The first-order valence-corrected chi connectivity index (χ1v) is 6.55. The number of rotatable bonds is 6. The molecular formula is C13H27NO. The van der Waals surface area contributed by atoms with Crippen molar-refractivity contribution in [3.63, 3.8) is 0 Å². The lowest BCUT2D eigenvalue weighted by Crippen LogP contribution is -2.29. The van der Waals surface area contributed by atoms with Crippen molar-refractivity contribution in [1.29, 1.82) is 0 Å². The van der Waals surface area contributed by atoms with E-state index in [9.17, 15) is 0 Å². The van der Waals surface area contributed by atoms with Crippen LogP contribution in [0.25, 0.3) is 0 Å². The second-order valence-corrected chi connectivity index (χ2v) is 5.16. The smallest absolute Gasteiger partial charge is 0.0433 e. The maximum Gasteiger partial charge on any atom is 0.0433 e. The molecule has 15 heavy (non-hydrogen) atoms. The fourth-order valence-electron chi connectivity index (χ4n) is 2.80. The molecule has 0 aliphatic heterocycles. The van der Waals surface area contributed by atoms with Crippen LogP contribution in [0.5, 0.6) is 0 Å². The number of hydrogen-bond acceptors (Lipinski definition) is 2. The third-order valence-electron chi connectivity index (χ3n) is 3.68. The first-order valence-electron chi connectivity index (χ1n) is 6.55. The summed E-state index contributed by atoms with van der Waals surface area (Å²) >= 11 is 0. The lowest BCUT2D eigenvalue weighted by Gasteiger charge is -2.31. The molecule has 1 aliphatic carbocycles. The highest BCUT2D eigenvalue weighted by Gasteiger charge is 2.21. The van der Waals surface area contributed by atoms with E-state index in [1.807, 2.05) is 0 Å². The van der Waals surface area contributed by atoms with Crippen LogP contribution in [0.3, 0.4) is 0 Å². The summed E-state index contributed by atoms with van der Waals surface area (Å²) < 4.78 is 0. The van der Waals surface area contributed by atoms with E-state index in [4.69, 9.17) is 5.11 Å². The van der Waals surface area contributed by atoms with Crippen molar-refractivity contribution in [2.24, 2.45) is 11.8 Å². The van der Waals surface area contributed by atoms with E-state index in [1.54, 1.807) is 0 Å². The van der Waals surface area contributed by atoms with Gasteiger partial charge in [-0.25, -0.2) is 0 Å². The van der Waals surface area contributed by atoms with Gasteiger partial charge in [-0.15, -0.1) is 0 Å². The van der Waals surface area contributed by atoms with Crippen LogP contribution in [0, 0.1) is 11.8 Å². The van der Waals surface area contributed by atoms with Crippen molar-refractivity contribution in [3.8, 4) is 0 Å². The Bertz CT molecular complexity index is 153. The minimum Gasteiger partial charge on any atom is -0.396 e. The SMILES string of the molecule is CCCN(C)C[C@H]1CC[C@H](CCO)CC1. The Labute approximate surface area is 94.7 Å². The first kappa shape index (κ1) is 13.0. The van der Waals surface area contributed by atoms with Crippen molar-refractivity contribution in [1.82, 2.24) is 4.90 Å². The van der Waals surface area contributed by atoms with Gasteiger partial charge in [0.2, 0.25) is 0 Å². The molecule has 1 fully saturated rings. The molecule has 90 valence electrons. The molecule has 0 atom stereocenters. The van der Waals surface area contributed by atoms with Crippen LogP contribution in [-0.2, 0) is 0 Å². The molecule has 0 aromatic carbocycles. The molecule has 0 heterocycles. The van der Waals surface area contributed by atoms with Crippen molar-refractivity contribution in [2.75, 3.05) is 26.7 Å². The molecule has 1 aliphatic rings. The highest BCUT2D eigenvalue weighted by atomic mass is 16.3. The topological polar surface area (TPSA) is 23.5 Å². The molecule has 0 aromatic rings. The molecule has 0 radical (unpaired) electrons.